The number of thioether (sulfide) groups is 1. The maximum Gasteiger partial charge on any atom is 0.234 e. The van der Waals surface area contributed by atoms with Crippen LogP contribution in [-0.4, -0.2) is 28.3 Å². The predicted molar refractivity (Wildman–Crippen MR) is 131 cm³/mol. The van der Waals surface area contributed by atoms with Crippen molar-refractivity contribution in [1.29, 1.82) is 0 Å². The van der Waals surface area contributed by atoms with Crippen LogP contribution >= 0.6 is 23.4 Å². The van der Waals surface area contributed by atoms with Crippen LogP contribution in [0.1, 0.15) is 5.56 Å². The number of aromatic nitrogens is 2. The van der Waals surface area contributed by atoms with Crippen LogP contribution in [0.15, 0.2) is 84.1 Å². The number of nitrogens with zero attached hydrogens (tertiary/aromatic N) is 2. The third-order valence-corrected chi connectivity index (χ3v) is 6.10. The number of amides is 1. The van der Waals surface area contributed by atoms with Crippen molar-refractivity contribution >= 4 is 35.0 Å². The molecule has 4 rings (SSSR count). The minimum absolute atomic E-state index is 0.123. The average molecular weight is 464 g/mol. The van der Waals surface area contributed by atoms with Gasteiger partial charge in [-0.3, -0.25) is 9.36 Å². The Morgan fingerprint density at radius 2 is 1.88 bits per heavy atom. The van der Waals surface area contributed by atoms with E-state index < -0.39 is 0 Å². The maximum absolute atomic E-state index is 12.5. The molecule has 1 aromatic heterocycles. The number of anilines is 1. The third-order valence-electron chi connectivity index (χ3n) is 4.91. The molecule has 0 aliphatic carbocycles. The van der Waals surface area contributed by atoms with Crippen LogP contribution in [0.3, 0.4) is 0 Å². The molecule has 0 saturated heterocycles. The molecule has 162 valence electrons. The Hall–Kier alpha value is -3.22. The quantitative estimate of drug-likeness (QED) is 0.329. The van der Waals surface area contributed by atoms with Crippen molar-refractivity contribution in [2.24, 2.45) is 0 Å². The molecule has 4 aromatic rings. The second-order valence-electron chi connectivity index (χ2n) is 7.12. The van der Waals surface area contributed by atoms with Gasteiger partial charge in [0.1, 0.15) is 5.75 Å². The highest BCUT2D eigenvalue weighted by atomic mass is 35.5. The van der Waals surface area contributed by atoms with Gasteiger partial charge in [-0.15, -0.1) is 0 Å². The summed E-state index contributed by atoms with van der Waals surface area (Å²) in [6.07, 6.45) is 1.84. The molecule has 0 aliphatic heterocycles. The second-order valence-corrected chi connectivity index (χ2v) is 8.50. The van der Waals surface area contributed by atoms with E-state index in [0.717, 1.165) is 33.4 Å². The normalized spacial score (nSPS) is 10.7. The minimum atomic E-state index is -0.123. The number of halogens is 1. The molecule has 0 saturated carbocycles. The van der Waals surface area contributed by atoms with E-state index in [1.807, 2.05) is 48.7 Å². The summed E-state index contributed by atoms with van der Waals surface area (Å²) in [5.41, 5.74) is 4.76. The van der Waals surface area contributed by atoms with Crippen LogP contribution in [0.2, 0.25) is 5.02 Å². The number of carbonyl (C=O) groups excluding carboxylic acids is 1. The number of hydrogen-bond donors (Lipinski definition) is 1. The molecule has 32 heavy (non-hydrogen) atoms. The first kappa shape index (κ1) is 22.0. The number of nitrogens with one attached hydrogen (secondary N) is 1. The lowest BCUT2D eigenvalue weighted by Gasteiger charge is -2.14. The number of imidazole rings is 1. The van der Waals surface area contributed by atoms with E-state index in [4.69, 9.17) is 16.3 Å². The molecule has 1 heterocycles. The van der Waals surface area contributed by atoms with Crippen molar-refractivity contribution in [3.63, 3.8) is 0 Å². The number of aryl methyl sites for hydroxylation is 1. The van der Waals surface area contributed by atoms with Gasteiger partial charge in [0, 0.05) is 16.3 Å². The van der Waals surface area contributed by atoms with Crippen LogP contribution < -0.4 is 10.1 Å². The Labute approximate surface area is 196 Å². The molecule has 0 fully saturated rings. The van der Waals surface area contributed by atoms with Gasteiger partial charge in [0.25, 0.3) is 0 Å². The van der Waals surface area contributed by atoms with Gasteiger partial charge < -0.3 is 10.1 Å². The van der Waals surface area contributed by atoms with Gasteiger partial charge >= 0.3 is 0 Å². The van der Waals surface area contributed by atoms with E-state index in [1.165, 1.54) is 11.8 Å². The molecule has 1 amide bonds. The number of carbonyl (C=O) groups is 1. The van der Waals surface area contributed by atoms with Crippen molar-refractivity contribution < 1.29 is 9.53 Å². The summed E-state index contributed by atoms with van der Waals surface area (Å²) in [4.78, 5) is 17.2. The largest absolute Gasteiger partial charge is 0.497 e. The van der Waals surface area contributed by atoms with Gasteiger partial charge in [0.2, 0.25) is 5.91 Å². The molecule has 0 aliphatic rings. The van der Waals surface area contributed by atoms with Crippen molar-refractivity contribution in [3.8, 4) is 22.7 Å². The molecule has 0 unspecified atom stereocenters. The van der Waals surface area contributed by atoms with E-state index in [0.29, 0.717) is 10.7 Å². The number of para-hydroxylation sites is 1. The van der Waals surface area contributed by atoms with E-state index in [1.54, 1.807) is 25.3 Å². The highest BCUT2D eigenvalue weighted by Gasteiger charge is 2.17. The highest BCUT2D eigenvalue weighted by Crippen LogP contribution is 2.32. The summed E-state index contributed by atoms with van der Waals surface area (Å²) in [5, 5.41) is 4.20. The summed E-state index contributed by atoms with van der Waals surface area (Å²) in [6, 6.07) is 23.1. The van der Waals surface area contributed by atoms with Crippen LogP contribution in [0.4, 0.5) is 5.69 Å². The lowest BCUT2D eigenvalue weighted by molar-refractivity contribution is -0.113. The van der Waals surface area contributed by atoms with E-state index in [2.05, 4.69) is 33.9 Å². The van der Waals surface area contributed by atoms with Crippen LogP contribution in [-0.2, 0) is 4.79 Å². The number of benzene rings is 3. The summed E-state index contributed by atoms with van der Waals surface area (Å²) in [6.45, 7) is 2.06. The van der Waals surface area contributed by atoms with E-state index >= 15 is 0 Å². The highest BCUT2D eigenvalue weighted by molar-refractivity contribution is 7.99. The molecular weight excluding hydrogens is 442 g/mol. The van der Waals surface area contributed by atoms with Gasteiger partial charge in [-0.25, -0.2) is 4.98 Å². The fraction of sp³-hybridized carbons (Fsp3) is 0.120. The SMILES string of the molecule is COc1ccc(-c2cnc(SCC(=O)Nc3cccc(Cl)c3)n2-c2ccccc2C)cc1. The number of rotatable bonds is 7. The molecule has 0 bridgehead atoms. The van der Waals surface area contributed by atoms with Gasteiger partial charge in [-0.2, -0.15) is 0 Å². The molecule has 1 N–H and O–H groups in total. The van der Waals surface area contributed by atoms with Gasteiger partial charge in [-0.1, -0.05) is 47.6 Å². The molecule has 7 heteroatoms. The monoisotopic (exact) mass is 463 g/mol. The first-order chi connectivity index (χ1) is 15.5. The zero-order valence-corrected chi connectivity index (χ0v) is 19.3. The Balaban J connectivity index is 1.62. The molecule has 0 radical (unpaired) electrons. The lowest BCUT2D eigenvalue weighted by atomic mass is 10.1. The predicted octanol–water partition coefficient (Wildman–Crippen LogP) is 6.24. The van der Waals surface area contributed by atoms with Crippen molar-refractivity contribution in [2.75, 3.05) is 18.2 Å². The molecule has 0 atom stereocenters. The fourth-order valence-electron chi connectivity index (χ4n) is 3.34. The van der Waals surface area contributed by atoms with Crippen molar-refractivity contribution in [1.82, 2.24) is 9.55 Å². The van der Waals surface area contributed by atoms with E-state index in [9.17, 15) is 4.79 Å². The number of hydrogen-bond acceptors (Lipinski definition) is 4. The Kier molecular flexibility index (Phi) is 6.83. The molecule has 0 spiro atoms. The Bertz CT molecular complexity index is 1240. The second kappa shape index (κ2) is 9.94. The van der Waals surface area contributed by atoms with E-state index in [-0.39, 0.29) is 11.7 Å². The maximum atomic E-state index is 12.5. The summed E-state index contributed by atoms with van der Waals surface area (Å²) >= 11 is 7.39. The lowest BCUT2D eigenvalue weighted by Crippen LogP contribution is -2.14. The zero-order valence-electron chi connectivity index (χ0n) is 17.7. The van der Waals surface area contributed by atoms with Crippen molar-refractivity contribution in [2.45, 2.75) is 12.1 Å². The Morgan fingerprint density at radius 3 is 2.59 bits per heavy atom. The number of ether oxygens (including phenoxy) is 1. The first-order valence-corrected chi connectivity index (χ1v) is 11.4. The standard InChI is InChI=1S/C25H22ClN3O2S/c1-17-6-3-4-9-22(17)29-23(18-10-12-21(31-2)13-11-18)15-27-25(29)32-16-24(30)28-20-8-5-7-19(26)14-20/h3-15H,16H2,1-2H3,(H,28,30). The van der Waals surface area contributed by atoms with Gasteiger partial charge in [-0.05, 0) is 61.0 Å². The summed E-state index contributed by atoms with van der Waals surface area (Å²) in [7, 11) is 1.65. The zero-order chi connectivity index (χ0) is 22.5. The Morgan fingerprint density at radius 1 is 1.09 bits per heavy atom. The van der Waals surface area contributed by atoms with Crippen LogP contribution in [0.25, 0.3) is 16.9 Å². The summed E-state index contributed by atoms with van der Waals surface area (Å²) in [5.74, 6) is 0.892. The molecule has 3 aromatic carbocycles. The van der Waals surface area contributed by atoms with Gasteiger partial charge in [0.05, 0.1) is 30.4 Å². The van der Waals surface area contributed by atoms with Crippen LogP contribution in [0, 0.1) is 6.92 Å². The third kappa shape index (κ3) is 4.98. The molecular formula is C25H22ClN3O2S. The van der Waals surface area contributed by atoms with Gasteiger partial charge in [0.15, 0.2) is 5.16 Å². The fourth-order valence-corrected chi connectivity index (χ4v) is 4.32. The summed E-state index contributed by atoms with van der Waals surface area (Å²) < 4.78 is 7.38. The minimum Gasteiger partial charge on any atom is -0.497 e. The topological polar surface area (TPSA) is 56.1 Å². The smallest absolute Gasteiger partial charge is 0.234 e. The van der Waals surface area contributed by atoms with Crippen LogP contribution in [0.5, 0.6) is 5.75 Å². The molecule has 5 nitrogen and oxygen atoms in total. The number of methoxy groups -OCH3 is 1. The average Bonchev–Trinajstić information content (AvgIpc) is 3.22. The first-order valence-electron chi connectivity index (χ1n) is 10.0. The van der Waals surface area contributed by atoms with Crippen molar-refractivity contribution in [3.05, 3.63) is 89.6 Å².